The van der Waals surface area contributed by atoms with Crippen LogP contribution in [-0.4, -0.2) is 35.7 Å². The highest BCUT2D eigenvalue weighted by atomic mass is 16.2. The van der Waals surface area contributed by atoms with Gasteiger partial charge in [-0.15, -0.1) is 5.10 Å². The van der Waals surface area contributed by atoms with E-state index < -0.39 is 0 Å². The van der Waals surface area contributed by atoms with Gasteiger partial charge in [-0.2, -0.15) is 5.10 Å². The Balaban J connectivity index is 3.04. The molecule has 6 heteroatoms. The van der Waals surface area contributed by atoms with Crippen LogP contribution >= 0.6 is 0 Å². The summed E-state index contributed by atoms with van der Waals surface area (Å²) in [7, 11) is 1.84. The average molecular weight is 293 g/mol. The van der Waals surface area contributed by atoms with Crippen LogP contribution in [0, 0.1) is 0 Å². The van der Waals surface area contributed by atoms with Gasteiger partial charge in [0.1, 0.15) is 0 Å². The molecule has 0 atom stereocenters. The van der Waals surface area contributed by atoms with E-state index in [0.717, 1.165) is 29.7 Å². The van der Waals surface area contributed by atoms with Gasteiger partial charge < -0.3 is 16.0 Å². The molecule has 0 unspecified atom stereocenters. The quantitative estimate of drug-likeness (QED) is 0.784. The summed E-state index contributed by atoms with van der Waals surface area (Å²) in [5.41, 5.74) is 9.04. The Morgan fingerprint density at radius 1 is 1.24 bits per heavy atom. The van der Waals surface area contributed by atoms with Crippen molar-refractivity contribution in [1.29, 1.82) is 0 Å². The zero-order chi connectivity index (χ0) is 16.0. The first-order valence-corrected chi connectivity index (χ1v) is 7.52. The van der Waals surface area contributed by atoms with Gasteiger partial charge in [-0.3, -0.25) is 4.79 Å². The van der Waals surface area contributed by atoms with Crippen LogP contribution in [0.4, 0.5) is 5.82 Å². The molecule has 0 saturated carbocycles. The summed E-state index contributed by atoms with van der Waals surface area (Å²) >= 11 is 0. The summed E-state index contributed by atoms with van der Waals surface area (Å²) in [5, 5.41) is 11.4. The number of hydrogen-bond acceptors (Lipinski definition) is 5. The number of anilines is 1. The molecule has 1 aromatic rings. The van der Waals surface area contributed by atoms with Gasteiger partial charge in [0.15, 0.2) is 5.82 Å². The van der Waals surface area contributed by atoms with E-state index in [9.17, 15) is 4.79 Å². The largest absolute Gasteiger partial charge is 0.352 e. The Bertz CT molecular complexity index is 487. The monoisotopic (exact) mass is 293 g/mol. The topological polar surface area (TPSA) is 84.1 Å². The van der Waals surface area contributed by atoms with Crippen molar-refractivity contribution in [3.8, 4) is 0 Å². The van der Waals surface area contributed by atoms with Crippen molar-refractivity contribution in [3.05, 3.63) is 16.8 Å². The van der Waals surface area contributed by atoms with E-state index in [4.69, 9.17) is 5.73 Å². The lowest BCUT2D eigenvalue weighted by molar-refractivity contribution is -0.120. The maximum atomic E-state index is 11.9. The van der Waals surface area contributed by atoms with Gasteiger partial charge in [-0.25, -0.2) is 0 Å². The standard InChI is InChI=1S/C15H27N5O/c1-6-11-12(8-16)15(19-18-13(11)7-2)20(5)9-14(21)17-10(3)4/h10H,6-9,16H2,1-5H3,(H,17,21). The number of carbonyl (C=O) groups is 1. The summed E-state index contributed by atoms with van der Waals surface area (Å²) in [6.07, 6.45) is 1.70. The number of likely N-dealkylation sites (N-methyl/N-ethyl adjacent to an activating group) is 1. The normalized spacial score (nSPS) is 10.8. The van der Waals surface area contributed by atoms with Crippen molar-refractivity contribution in [2.24, 2.45) is 5.73 Å². The van der Waals surface area contributed by atoms with Crippen molar-refractivity contribution in [3.63, 3.8) is 0 Å². The first kappa shape index (κ1) is 17.4. The minimum absolute atomic E-state index is 0.0325. The highest BCUT2D eigenvalue weighted by Gasteiger charge is 2.18. The lowest BCUT2D eigenvalue weighted by atomic mass is 10.0. The van der Waals surface area contributed by atoms with Gasteiger partial charge in [-0.1, -0.05) is 13.8 Å². The van der Waals surface area contributed by atoms with Gasteiger partial charge in [0.05, 0.1) is 12.2 Å². The van der Waals surface area contributed by atoms with Gasteiger partial charge in [-0.05, 0) is 32.3 Å². The predicted molar refractivity (Wildman–Crippen MR) is 85.2 cm³/mol. The van der Waals surface area contributed by atoms with Crippen LogP contribution in [0.2, 0.25) is 0 Å². The molecular formula is C15H27N5O. The summed E-state index contributed by atoms with van der Waals surface area (Å²) in [4.78, 5) is 13.7. The van der Waals surface area contributed by atoms with Crippen LogP contribution in [0.15, 0.2) is 0 Å². The fourth-order valence-electron chi connectivity index (χ4n) is 2.42. The zero-order valence-electron chi connectivity index (χ0n) is 13.7. The smallest absolute Gasteiger partial charge is 0.239 e. The van der Waals surface area contributed by atoms with Gasteiger partial charge >= 0.3 is 0 Å². The molecule has 1 rings (SSSR count). The predicted octanol–water partition coefficient (Wildman–Crippen LogP) is 1.02. The minimum atomic E-state index is -0.0325. The number of nitrogens with two attached hydrogens (primary N) is 1. The molecule has 6 nitrogen and oxygen atoms in total. The van der Waals surface area contributed by atoms with Crippen molar-refractivity contribution in [1.82, 2.24) is 15.5 Å². The number of aryl methyl sites for hydroxylation is 1. The van der Waals surface area contributed by atoms with E-state index in [-0.39, 0.29) is 18.5 Å². The van der Waals surface area contributed by atoms with Crippen LogP contribution in [0.5, 0.6) is 0 Å². The number of nitrogens with one attached hydrogen (secondary N) is 1. The summed E-state index contributed by atoms with van der Waals surface area (Å²) < 4.78 is 0. The number of hydrogen-bond donors (Lipinski definition) is 2. The van der Waals surface area contributed by atoms with Crippen LogP contribution in [0.3, 0.4) is 0 Å². The molecule has 0 spiro atoms. The third kappa shape index (κ3) is 4.39. The molecular weight excluding hydrogens is 266 g/mol. The number of nitrogens with zero attached hydrogens (tertiary/aromatic N) is 3. The van der Waals surface area contributed by atoms with Crippen LogP contribution in [0.1, 0.15) is 44.5 Å². The van der Waals surface area contributed by atoms with E-state index >= 15 is 0 Å². The number of amides is 1. The number of rotatable bonds is 7. The number of carbonyl (C=O) groups excluding carboxylic acids is 1. The second-order valence-electron chi connectivity index (χ2n) is 5.42. The van der Waals surface area contributed by atoms with Gasteiger partial charge in [0, 0.05) is 25.2 Å². The van der Waals surface area contributed by atoms with Gasteiger partial charge in [0.2, 0.25) is 5.91 Å². The summed E-state index contributed by atoms with van der Waals surface area (Å²) in [6, 6.07) is 0.125. The lowest BCUT2D eigenvalue weighted by Crippen LogP contribution is -2.39. The Kier molecular flexibility index (Phi) is 6.55. The Morgan fingerprint density at radius 3 is 2.38 bits per heavy atom. The molecule has 118 valence electrons. The highest BCUT2D eigenvalue weighted by Crippen LogP contribution is 2.22. The molecule has 21 heavy (non-hydrogen) atoms. The molecule has 0 radical (unpaired) electrons. The second-order valence-corrected chi connectivity index (χ2v) is 5.42. The molecule has 0 aliphatic rings. The Labute approximate surface area is 127 Å². The van der Waals surface area contributed by atoms with Gasteiger partial charge in [0.25, 0.3) is 0 Å². The molecule has 0 aliphatic heterocycles. The van der Waals surface area contributed by atoms with Crippen molar-refractivity contribution < 1.29 is 4.79 Å². The molecule has 0 fully saturated rings. The zero-order valence-corrected chi connectivity index (χ0v) is 13.7. The van der Waals surface area contributed by atoms with E-state index in [1.54, 1.807) is 0 Å². The fourth-order valence-corrected chi connectivity index (χ4v) is 2.42. The molecule has 1 aromatic heterocycles. The molecule has 1 amide bonds. The first-order valence-electron chi connectivity index (χ1n) is 7.52. The molecule has 1 heterocycles. The summed E-state index contributed by atoms with van der Waals surface area (Å²) in [5.74, 6) is 0.667. The van der Waals surface area contributed by atoms with Crippen LogP contribution < -0.4 is 16.0 Å². The maximum Gasteiger partial charge on any atom is 0.239 e. The highest BCUT2D eigenvalue weighted by molar-refractivity contribution is 5.81. The second kappa shape index (κ2) is 7.93. The third-order valence-corrected chi connectivity index (χ3v) is 3.33. The van der Waals surface area contributed by atoms with Crippen LogP contribution in [-0.2, 0) is 24.2 Å². The maximum absolute atomic E-state index is 11.9. The van der Waals surface area contributed by atoms with Crippen molar-refractivity contribution in [2.45, 2.75) is 53.1 Å². The lowest BCUT2D eigenvalue weighted by Gasteiger charge is -2.23. The van der Waals surface area contributed by atoms with Crippen molar-refractivity contribution in [2.75, 3.05) is 18.5 Å². The molecule has 3 N–H and O–H groups in total. The first-order chi connectivity index (χ1) is 9.94. The minimum Gasteiger partial charge on any atom is -0.352 e. The van der Waals surface area contributed by atoms with Crippen LogP contribution in [0.25, 0.3) is 0 Å². The third-order valence-electron chi connectivity index (χ3n) is 3.33. The molecule has 0 saturated heterocycles. The van der Waals surface area contributed by atoms with E-state index in [1.165, 1.54) is 0 Å². The molecule has 0 aromatic carbocycles. The van der Waals surface area contributed by atoms with E-state index in [0.29, 0.717) is 12.4 Å². The van der Waals surface area contributed by atoms with E-state index in [2.05, 4.69) is 29.4 Å². The Hall–Kier alpha value is -1.69. The number of aromatic nitrogens is 2. The SMILES string of the molecule is CCc1nnc(N(C)CC(=O)NC(C)C)c(CN)c1CC. The Morgan fingerprint density at radius 2 is 1.90 bits per heavy atom. The fraction of sp³-hybridized carbons (Fsp3) is 0.667. The summed E-state index contributed by atoms with van der Waals surface area (Å²) in [6.45, 7) is 8.67. The van der Waals surface area contributed by atoms with Crippen molar-refractivity contribution >= 4 is 11.7 Å². The average Bonchev–Trinajstić information content (AvgIpc) is 2.44. The molecule has 0 bridgehead atoms. The van der Waals surface area contributed by atoms with E-state index in [1.807, 2.05) is 25.8 Å². The molecule has 0 aliphatic carbocycles.